The lowest BCUT2D eigenvalue weighted by Gasteiger charge is -2.24. The number of aromatic hydroxyl groups is 1. The first-order valence-electron chi connectivity index (χ1n) is 5.25. The molecular weight excluding hydrogens is 174 g/mol. The van der Waals surface area contributed by atoms with E-state index in [4.69, 9.17) is 0 Å². The fourth-order valence-corrected chi connectivity index (χ4v) is 2.30. The molecule has 0 spiro atoms. The highest BCUT2D eigenvalue weighted by Crippen LogP contribution is 2.31. The SMILES string of the molecule is CNCC1CCc2cccc(O)c2C1. The lowest BCUT2D eigenvalue weighted by atomic mass is 9.83. The van der Waals surface area contributed by atoms with Crippen molar-refractivity contribution in [2.45, 2.75) is 19.3 Å². The van der Waals surface area contributed by atoms with Crippen molar-refractivity contribution in [1.29, 1.82) is 0 Å². The quantitative estimate of drug-likeness (QED) is 0.746. The third kappa shape index (κ3) is 1.75. The summed E-state index contributed by atoms with van der Waals surface area (Å²) in [6.45, 7) is 1.05. The summed E-state index contributed by atoms with van der Waals surface area (Å²) in [5.74, 6) is 1.16. The Morgan fingerprint density at radius 1 is 1.50 bits per heavy atom. The summed E-state index contributed by atoms with van der Waals surface area (Å²) in [6, 6.07) is 5.86. The molecule has 2 heteroatoms. The third-order valence-electron chi connectivity index (χ3n) is 3.06. The molecule has 2 rings (SSSR count). The molecule has 1 aliphatic carbocycles. The average molecular weight is 191 g/mol. The van der Waals surface area contributed by atoms with E-state index in [0.717, 1.165) is 19.4 Å². The maximum absolute atomic E-state index is 9.72. The summed E-state index contributed by atoms with van der Waals surface area (Å²) in [6.07, 6.45) is 3.36. The Bertz CT molecular complexity index is 322. The minimum absolute atomic E-state index is 0.475. The van der Waals surface area contributed by atoms with Crippen LogP contribution in [0.3, 0.4) is 0 Å². The van der Waals surface area contributed by atoms with E-state index in [-0.39, 0.29) is 0 Å². The van der Waals surface area contributed by atoms with Crippen LogP contribution in [0.4, 0.5) is 0 Å². The Morgan fingerprint density at radius 2 is 2.36 bits per heavy atom. The summed E-state index contributed by atoms with van der Waals surface area (Å²) in [7, 11) is 1.99. The second-order valence-corrected chi connectivity index (χ2v) is 4.08. The molecule has 1 aromatic carbocycles. The van der Waals surface area contributed by atoms with Crippen molar-refractivity contribution in [3.8, 4) is 5.75 Å². The molecule has 1 unspecified atom stereocenters. The Balaban J connectivity index is 2.20. The van der Waals surface area contributed by atoms with Crippen LogP contribution >= 0.6 is 0 Å². The van der Waals surface area contributed by atoms with Crippen LogP contribution in [0.25, 0.3) is 0 Å². The van der Waals surface area contributed by atoms with Gasteiger partial charge in [-0.2, -0.15) is 0 Å². The number of rotatable bonds is 2. The summed E-state index contributed by atoms with van der Waals surface area (Å²) < 4.78 is 0. The van der Waals surface area contributed by atoms with Crippen LogP contribution < -0.4 is 5.32 Å². The topological polar surface area (TPSA) is 32.3 Å². The van der Waals surface area contributed by atoms with Gasteiger partial charge in [0.2, 0.25) is 0 Å². The second kappa shape index (κ2) is 4.01. The molecule has 14 heavy (non-hydrogen) atoms. The van der Waals surface area contributed by atoms with E-state index < -0.39 is 0 Å². The normalized spacial score (nSPS) is 20.5. The van der Waals surface area contributed by atoms with E-state index in [0.29, 0.717) is 11.7 Å². The van der Waals surface area contributed by atoms with E-state index in [2.05, 4.69) is 11.4 Å². The van der Waals surface area contributed by atoms with Gasteiger partial charge in [0.25, 0.3) is 0 Å². The van der Waals surface area contributed by atoms with Crippen LogP contribution in [-0.2, 0) is 12.8 Å². The van der Waals surface area contributed by atoms with E-state index >= 15 is 0 Å². The molecule has 1 aliphatic rings. The van der Waals surface area contributed by atoms with Gasteiger partial charge in [0, 0.05) is 0 Å². The van der Waals surface area contributed by atoms with Crippen molar-refractivity contribution in [2.75, 3.05) is 13.6 Å². The predicted octanol–water partition coefficient (Wildman–Crippen LogP) is 1.72. The highest BCUT2D eigenvalue weighted by atomic mass is 16.3. The first kappa shape index (κ1) is 9.53. The van der Waals surface area contributed by atoms with Gasteiger partial charge in [-0.05, 0) is 56.0 Å². The van der Waals surface area contributed by atoms with Gasteiger partial charge in [0.1, 0.15) is 5.75 Å². The zero-order valence-electron chi connectivity index (χ0n) is 8.59. The molecular formula is C12H17NO. The van der Waals surface area contributed by atoms with Gasteiger partial charge in [-0.15, -0.1) is 0 Å². The highest BCUT2D eigenvalue weighted by molar-refractivity contribution is 5.41. The van der Waals surface area contributed by atoms with Crippen LogP contribution in [0.5, 0.6) is 5.75 Å². The molecule has 0 amide bonds. The smallest absolute Gasteiger partial charge is 0.119 e. The maximum atomic E-state index is 9.72. The largest absolute Gasteiger partial charge is 0.508 e. The van der Waals surface area contributed by atoms with Gasteiger partial charge < -0.3 is 10.4 Å². The number of phenolic OH excluding ortho intramolecular Hbond substituents is 1. The zero-order valence-corrected chi connectivity index (χ0v) is 8.59. The Kier molecular flexibility index (Phi) is 2.73. The molecule has 0 fully saturated rings. The van der Waals surface area contributed by atoms with Gasteiger partial charge in [-0.25, -0.2) is 0 Å². The van der Waals surface area contributed by atoms with Crippen molar-refractivity contribution >= 4 is 0 Å². The summed E-state index contributed by atoms with van der Waals surface area (Å²) in [5, 5.41) is 12.9. The van der Waals surface area contributed by atoms with Gasteiger partial charge in [0.15, 0.2) is 0 Å². The minimum atomic E-state index is 0.475. The molecule has 0 aliphatic heterocycles. The Labute approximate surface area is 85.0 Å². The molecule has 0 aromatic heterocycles. The van der Waals surface area contributed by atoms with E-state index in [1.54, 1.807) is 6.07 Å². The number of aryl methyl sites for hydroxylation is 1. The number of hydrogen-bond donors (Lipinski definition) is 2. The highest BCUT2D eigenvalue weighted by Gasteiger charge is 2.19. The Hall–Kier alpha value is -1.02. The third-order valence-corrected chi connectivity index (χ3v) is 3.06. The standard InChI is InChI=1S/C12H17NO/c1-13-8-9-5-6-10-3-2-4-12(14)11(10)7-9/h2-4,9,13-14H,5-8H2,1H3. The number of nitrogens with one attached hydrogen (secondary N) is 1. The Morgan fingerprint density at radius 3 is 3.14 bits per heavy atom. The lowest BCUT2D eigenvalue weighted by molar-refractivity contribution is 0.413. The first-order valence-corrected chi connectivity index (χ1v) is 5.25. The molecule has 0 bridgehead atoms. The molecule has 0 radical (unpaired) electrons. The van der Waals surface area contributed by atoms with E-state index in [9.17, 15) is 5.11 Å². The molecule has 2 nitrogen and oxygen atoms in total. The van der Waals surface area contributed by atoms with Crippen LogP contribution in [0, 0.1) is 5.92 Å². The van der Waals surface area contributed by atoms with Crippen LogP contribution in [0.2, 0.25) is 0 Å². The summed E-state index contributed by atoms with van der Waals surface area (Å²) in [5.41, 5.74) is 2.50. The van der Waals surface area contributed by atoms with E-state index in [1.165, 1.54) is 17.5 Å². The molecule has 0 saturated heterocycles. The molecule has 0 saturated carbocycles. The van der Waals surface area contributed by atoms with Gasteiger partial charge in [-0.1, -0.05) is 12.1 Å². The van der Waals surface area contributed by atoms with E-state index in [1.807, 2.05) is 13.1 Å². The molecule has 2 N–H and O–H groups in total. The molecule has 76 valence electrons. The average Bonchev–Trinajstić information content (AvgIpc) is 2.20. The fourth-order valence-electron chi connectivity index (χ4n) is 2.30. The van der Waals surface area contributed by atoms with Gasteiger partial charge >= 0.3 is 0 Å². The van der Waals surface area contributed by atoms with Crippen molar-refractivity contribution < 1.29 is 5.11 Å². The zero-order chi connectivity index (χ0) is 9.97. The summed E-state index contributed by atoms with van der Waals surface area (Å²) in [4.78, 5) is 0. The minimum Gasteiger partial charge on any atom is -0.508 e. The molecule has 0 heterocycles. The lowest BCUT2D eigenvalue weighted by Crippen LogP contribution is -2.24. The first-order chi connectivity index (χ1) is 6.81. The van der Waals surface area contributed by atoms with Crippen LogP contribution in [-0.4, -0.2) is 18.7 Å². The number of phenols is 1. The number of fused-ring (bicyclic) bond motifs is 1. The second-order valence-electron chi connectivity index (χ2n) is 4.08. The van der Waals surface area contributed by atoms with Crippen molar-refractivity contribution in [2.24, 2.45) is 5.92 Å². The number of benzene rings is 1. The fraction of sp³-hybridized carbons (Fsp3) is 0.500. The van der Waals surface area contributed by atoms with Crippen molar-refractivity contribution in [3.05, 3.63) is 29.3 Å². The molecule has 1 atom stereocenters. The molecule has 1 aromatic rings. The van der Waals surface area contributed by atoms with Gasteiger partial charge in [0.05, 0.1) is 0 Å². The predicted molar refractivity (Wildman–Crippen MR) is 57.5 cm³/mol. The monoisotopic (exact) mass is 191 g/mol. The number of hydrogen-bond acceptors (Lipinski definition) is 2. The summed E-state index contributed by atoms with van der Waals surface area (Å²) >= 11 is 0. The van der Waals surface area contributed by atoms with Crippen LogP contribution in [0.15, 0.2) is 18.2 Å². The van der Waals surface area contributed by atoms with Crippen molar-refractivity contribution in [3.63, 3.8) is 0 Å². The van der Waals surface area contributed by atoms with Crippen LogP contribution in [0.1, 0.15) is 17.5 Å². The maximum Gasteiger partial charge on any atom is 0.119 e. The van der Waals surface area contributed by atoms with Gasteiger partial charge in [-0.3, -0.25) is 0 Å². The van der Waals surface area contributed by atoms with Crippen molar-refractivity contribution in [1.82, 2.24) is 5.32 Å².